The van der Waals surface area contributed by atoms with Crippen LogP contribution in [0.1, 0.15) is 69.2 Å². The van der Waals surface area contributed by atoms with Crippen LogP contribution in [0.3, 0.4) is 0 Å². The number of nitrogens with one attached hydrogen (secondary N) is 2. The van der Waals surface area contributed by atoms with Crippen molar-refractivity contribution in [3.63, 3.8) is 0 Å². The van der Waals surface area contributed by atoms with Crippen molar-refractivity contribution in [2.24, 2.45) is 0 Å². The van der Waals surface area contributed by atoms with Gasteiger partial charge in [-0.1, -0.05) is 0 Å². The second-order valence-electron chi connectivity index (χ2n) is 7.48. The molecule has 0 heterocycles. The van der Waals surface area contributed by atoms with Crippen molar-refractivity contribution in [3.8, 4) is 0 Å². The molecule has 0 saturated carbocycles. The Morgan fingerprint density at radius 3 is 1.00 bits per heavy atom. The van der Waals surface area contributed by atoms with Gasteiger partial charge in [0.2, 0.25) is 0 Å². The van der Waals surface area contributed by atoms with Gasteiger partial charge in [0.15, 0.2) is 0 Å². The van der Waals surface area contributed by atoms with Crippen molar-refractivity contribution >= 4 is 0 Å². The van der Waals surface area contributed by atoms with Gasteiger partial charge in [0.1, 0.15) is 0 Å². The molecule has 0 amide bonds. The summed E-state index contributed by atoms with van der Waals surface area (Å²) in [4.78, 5) is 0. The first-order chi connectivity index (χ1) is 9.45. The SMILES string of the molecule is CC[N](CC)[W]([NH]C(C)(C)C)([NH]C(C)(C)C)[N](CC)CC. The van der Waals surface area contributed by atoms with Gasteiger partial charge in [-0.15, -0.1) is 0 Å². The summed E-state index contributed by atoms with van der Waals surface area (Å²) in [7, 11) is 0. The summed E-state index contributed by atoms with van der Waals surface area (Å²) in [5.74, 6) is 0. The Balaban J connectivity index is 5.91. The summed E-state index contributed by atoms with van der Waals surface area (Å²) in [5, 5.41) is 0. The van der Waals surface area contributed by atoms with E-state index >= 15 is 0 Å². The van der Waals surface area contributed by atoms with Crippen LogP contribution in [0, 0.1) is 0 Å². The molecule has 0 saturated heterocycles. The Morgan fingerprint density at radius 2 is 0.857 bits per heavy atom. The maximum absolute atomic E-state index is 4.08. The summed E-state index contributed by atoms with van der Waals surface area (Å²) in [6.07, 6.45) is 0. The zero-order chi connectivity index (χ0) is 16.9. The van der Waals surface area contributed by atoms with Crippen LogP contribution in [0.5, 0.6) is 0 Å². The van der Waals surface area contributed by atoms with Gasteiger partial charge in [0.05, 0.1) is 0 Å². The molecule has 0 fully saturated rings. The van der Waals surface area contributed by atoms with E-state index in [1.54, 1.807) is 0 Å². The van der Waals surface area contributed by atoms with Crippen LogP contribution in [0.15, 0.2) is 0 Å². The van der Waals surface area contributed by atoms with E-state index in [0.29, 0.717) is 0 Å². The average molecular weight is 472 g/mol. The van der Waals surface area contributed by atoms with Crippen LogP contribution >= 0.6 is 0 Å². The number of hydrogen-bond donors (Lipinski definition) is 2. The Morgan fingerprint density at radius 1 is 0.619 bits per heavy atom. The summed E-state index contributed by atoms with van der Waals surface area (Å²) in [6, 6.07) is 0. The van der Waals surface area contributed by atoms with Gasteiger partial charge in [0.25, 0.3) is 0 Å². The van der Waals surface area contributed by atoms with E-state index in [-0.39, 0.29) is 11.1 Å². The van der Waals surface area contributed by atoms with Crippen LogP contribution in [-0.2, 0) is 17.1 Å². The van der Waals surface area contributed by atoms with Gasteiger partial charge in [-0.05, 0) is 0 Å². The molecule has 0 bridgehead atoms. The molecule has 0 atom stereocenters. The first kappa shape index (κ1) is 21.5. The summed E-state index contributed by atoms with van der Waals surface area (Å²) < 4.78 is 13.5. The van der Waals surface area contributed by atoms with Gasteiger partial charge in [-0.2, -0.15) is 0 Å². The fourth-order valence-electron chi connectivity index (χ4n) is 2.50. The molecule has 0 spiro atoms. The van der Waals surface area contributed by atoms with E-state index in [9.17, 15) is 0 Å². The molecule has 4 nitrogen and oxygen atoms in total. The Labute approximate surface area is 138 Å². The monoisotopic (exact) mass is 472 g/mol. The molecule has 0 unspecified atom stereocenters. The summed E-state index contributed by atoms with van der Waals surface area (Å²) >= 11 is -3.07. The summed E-state index contributed by atoms with van der Waals surface area (Å²) in [6.45, 7) is 27.2. The van der Waals surface area contributed by atoms with E-state index in [2.05, 4.69) is 83.9 Å². The van der Waals surface area contributed by atoms with E-state index in [4.69, 9.17) is 0 Å². The van der Waals surface area contributed by atoms with Crippen molar-refractivity contribution in [1.29, 1.82) is 0 Å². The standard InChI is InChI=1S/4C4H10N.W/c2*1-4(2,3)5;2*1-3-5-4-2;/h2*5H,1-3H3;2*3-4H2,1-2H3;/q4*-1;+4. The maximum atomic E-state index is 4.08. The van der Waals surface area contributed by atoms with Crippen molar-refractivity contribution in [2.75, 3.05) is 26.2 Å². The Bertz CT molecular complexity index is 256. The molecule has 0 aliphatic carbocycles. The van der Waals surface area contributed by atoms with E-state index in [1.807, 2.05) is 0 Å². The predicted molar refractivity (Wildman–Crippen MR) is 91.6 cm³/mol. The molecular formula is C16H40N4W. The average Bonchev–Trinajstić information content (AvgIpc) is 2.27. The third kappa shape index (κ3) is 6.66. The van der Waals surface area contributed by atoms with Gasteiger partial charge in [-0.25, -0.2) is 0 Å². The molecule has 21 heavy (non-hydrogen) atoms. The first-order valence-corrected chi connectivity index (χ1v) is 13.9. The quantitative estimate of drug-likeness (QED) is 0.568. The molecule has 0 radical (unpaired) electrons. The minimum absolute atomic E-state index is 0.110. The van der Waals surface area contributed by atoms with E-state index in [0.717, 1.165) is 26.2 Å². The van der Waals surface area contributed by atoms with Crippen LogP contribution in [0.2, 0.25) is 0 Å². The van der Waals surface area contributed by atoms with Gasteiger partial charge < -0.3 is 0 Å². The van der Waals surface area contributed by atoms with Crippen LogP contribution in [-0.4, -0.2) is 44.2 Å². The van der Waals surface area contributed by atoms with Gasteiger partial charge >= 0.3 is 138 Å². The van der Waals surface area contributed by atoms with Crippen LogP contribution in [0.4, 0.5) is 0 Å². The number of nitrogens with zero attached hydrogens (tertiary/aromatic N) is 2. The van der Waals surface area contributed by atoms with Crippen molar-refractivity contribution in [2.45, 2.75) is 80.3 Å². The number of hydrogen-bond acceptors (Lipinski definition) is 4. The third-order valence-corrected chi connectivity index (χ3v) is 18.6. The molecule has 0 aromatic heterocycles. The van der Waals surface area contributed by atoms with E-state index in [1.165, 1.54) is 0 Å². The summed E-state index contributed by atoms with van der Waals surface area (Å²) in [5.41, 5.74) is 0.220. The molecule has 2 N–H and O–H groups in total. The van der Waals surface area contributed by atoms with Crippen LogP contribution < -0.4 is 7.75 Å². The fraction of sp³-hybridized carbons (Fsp3) is 1.00. The molecule has 0 aromatic carbocycles. The predicted octanol–water partition coefficient (Wildman–Crippen LogP) is 3.26. The molecule has 0 rings (SSSR count). The molecule has 0 aliphatic heterocycles. The molecule has 5 heteroatoms. The number of rotatable bonds is 8. The van der Waals surface area contributed by atoms with Crippen molar-refractivity contribution in [3.05, 3.63) is 0 Å². The zero-order valence-corrected chi connectivity index (χ0v) is 19.1. The second kappa shape index (κ2) is 8.40. The fourth-order valence-corrected chi connectivity index (χ4v) is 17.2. The van der Waals surface area contributed by atoms with Crippen LogP contribution in [0.25, 0.3) is 0 Å². The topological polar surface area (TPSA) is 30.5 Å². The first-order valence-electron chi connectivity index (χ1n) is 8.37. The van der Waals surface area contributed by atoms with E-state index < -0.39 is 17.1 Å². The molecular weight excluding hydrogens is 432 g/mol. The normalized spacial score (nSPS) is 15.0. The second-order valence-corrected chi connectivity index (χ2v) is 16.6. The third-order valence-electron chi connectivity index (χ3n) is 3.06. The van der Waals surface area contributed by atoms with Gasteiger partial charge in [0, 0.05) is 0 Å². The molecule has 0 aliphatic rings. The minimum atomic E-state index is -3.07. The van der Waals surface area contributed by atoms with Crippen molar-refractivity contribution in [1.82, 2.24) is 14.7 Å². The van der Waals surface area contributed by atoms with Gasteiger partial charge in [-0.3, -0.25) is 0 Å². The Hall–Kier alpha value is 0.528. The van der Waals surface area contributed by atoms with Crippen molar-refractivity contribution < 1.29 is 17.1 Å². The Kier molecular flexibility index (Phi) is 8.61. The molecule has 0 aromatic rings. The molecule has 130 valence electrons. The zero-order valence-electron chi connectivity index (χ0n) is 16.1.